The zero-order valence-corrected chi connectivity index (χ0v) is 19.2. The van der Waals surface area contributed by atoms with Crippen molar-refractivity contribution in [3.05, 3.63) is 32.6 Å². The predicted octanol–water partition coefficient (Wildman–Crippen LogP) is -0.823. The van der Waals surface area contributed by atoms with Crippen LogP contribution in [0.2, 0.25) is 0 Å². The van der Waals surface area contributed by atoms with Gasteiger partial charge >= 0.3 is 29.2 Å². The van der Waals surface area contributed by atoms with E-state index in [0.717, 1.165) is 13.0 Å². The molecule has 6 N–H and O–H groups in total. The van der Waals surface area contributed by atoms with Crippen molar-refractivity contribution in [3.8, 4) is 12.3 Å². The number of aromatic nitrogens is 2. The van der Waals surface area contributed by atoms with E-state index in [4.69, 9.17) is 20.9 Å². The van der Waals surface area contributed by atoms with Gasteiger partial charge in [-0.15, -0.1) is 6.42 Å². The quantitative estimate of drug-likeness (QED) is 0.175. The second-order valence-electron chi connectivity index (χ2n) is 6.66. The molecule has 1 fully saturated rings. The number of alkyl halides is 1. The summed E-state index contributed by atoms with van der Waals surface area (Å²) in [6, 6.07) is 0.900. The number of nitrogens with zero attached hydrogens (tertiary/aromatic N) is 1. The maximum atomic E-state index is 15.5. The van der Waals surface area contributed by atoms with Crippen LogP contribution in [0.15, 0.2) is 15.7 Å². The SMILES string of the molecule is C#CC1(F)[C@@H](O)C([C@@H](C)OP(=O)(O)OP(=O)(O)OP(=O)(O)O)O[C@H]1n1c(C)cc(=O)[nH]c1=O. The summed E-state index contributed by atoms with van der Waals surface area (Å²) >= 11 is 0. The molecule has 1 saturated heterocycles. The first-order valence-electron chi connectivity index (χ1n) is 8.47. The Morgan fingerprint density at radius 2 is 1.82 bits per heavy atom. The number of hydrogen-bond donors (Lipinski definition) is 6. The molecule has 1 aliphatic rings. The molecule has 0 radical (unpaired) electrons. The number of phosphoric acid groups is 3. The van der Waals surface area contributed by atoms with Gasteiger partial charge in [0.2, 0.25) is 5.67 Å². The minimum Gasteiger partial charge on any atom is -0.386 e. The maximum Gasteiger partial charge on any atom is 0.490 e. The minimum atomic E-state index is -5.84. The molecule has 2 heterocycles. The number of hydrogen-bond acceptors (Lipinski definition) is 10. The normalized spacial score (nSPS) is 30.2. The Hall–Kier alpha value is -1.50. The first-order chi connectivity index (χ1) is 14.8. The van der Waals surface area contributed by atoms with Gasteiger partial charge in [-0.2, -0.15) is 8.62 Å². The Kier molecular flexibility index (Phi) is 7.80. The highest BCUT2D eigenvalue weighted by molar-refractivity contribution is 7.66. The van der Waals surface area contributed by atoms with Crippen molar-refractivity contribution in [3.63, 3.8) is 0 Å². The van der Waals surface area contributed by atoms with E-state index in [0.29, 0.717) is 4.57 Å². The lowest BCUT2D eigenvalue weighted by Crippen LogP contribution is -2.46. The van der Waals surface area contributed by atoms with Crippen LogP contribution in [0.5, 0.6) is 0 Å². The zero-order chi connectivity index (χ0) is 25.6. The molecule has 4 unspecified atom stereocenters. The molecule has 2 rings (SSSR count). The Bertz CT molecular complexity index is 1220. The molecule has 7 atom stereocenters. The van der Waals surface area contributed by atoms with Gasteiger partial charge in [0.05, 0.1) is 6.10 Å². The molecule has 0 amide bonds. The molecule has 0 aromatic carbocycles. The largest absolute Gasteiger partial charge is 0.490 e. The first kappa shape index (κ1) is 27.7. The van der Waals surface area contributed by atoms with Crippen LogP contribution >= 0.6 is 23.5 Å². The van der Waals surface area contributed by atoms with Gasteiger partial charge in [-0.05, 0) is 13.8 Å². The van der Waals surface area contributed by atoms with Gasteiger partial charge in [0.1, 0.15) is 12.2 Å². The van der Waals surface area contributed by atoms with Crippen LogP contribution in [0.25, 0.3) is 0 Å². The van der Waals surface area contributed by atoms with Crippen molar-refractivity contribution in [2.24, 2.45) is 0 Å². The second-order valence-corrected chi connectivity index (χ2v) is 11.0. The van der Waals surface area contributed by atoms with E-state index in [1.807, 2.05) is 4.98 Å². The summed E-state index contributed by atoms with van der Waals surface area (Å²) in [6.07, 6.45) is -2.96. The van der Waals surface area contributed by atoms with Crippen molar-refractivity contribution in [1.29, 1.82) is 0 Å². The van der Waals surface area contributed by atoms with Crippen molar-refractivity contribution in [1.82, 2.24) is 9.55 Å². The Balaban J connectivity index is 2.33. The molecule has 0 bridgehead atoms. The number of H-pyrrole nitrogens is 1. The van der Waals surface area contributed by atoms with Gasteiger partial charge in [0, 0.05) is 11.8 Å². The third-order valence-corrected chi connectivity index (χ3v) is 8.12. The molecule has 16 nitrogen and oxygen atoms in total. The maximum absolute atomic E-state index is 15.5. The van der Waals surface area contributed by atoms with E-state index in [1.54, 1.807) is 5.92 Å². The summed E-state index contributed by atoms with van der Waals surface area (Å²) in [5.41, 5.74) is -5.24. The number of nitrogens with one attached hydrogen (secondary N) is 1. The molecule has 20 heteroatoms. The monoisotopic (exact) mass is 538 g/mol. The topological polar surface area (TPSA) is 244 Å². The minimum absolute atomic E-state index is 0.126. The number of aliphatic hydroxyl groups excluding tert-OH is 1. The van der Waals surface area contributed by atoms with Gasteiger partial charge in [-0.25, -0.2) is 22.9 Å². The van der Waals surface area contributed by atoms with Gasteiger partial charge in [0.15, 0.2) is 6.23 Å². The summed E-state index contributed by atoms with van der Waals surface area (Å²) in [7, 11) is -17.1. The predicted molar refractivity (Wildman–Crippen MR) is 103 cm³/mol. The van der Waals surface area contributed by atoms with Crippen LogP contribution < -0.4 is 11.2 Å². The molecule has 1 aromatic heterocycles. The summed E-state index contributed by atoms with van der Waals surface area (Å²) < 4.78 is 67.0. The van der Waals surface area contributed by atoms with Crippen molar-refractivity contribution in [2.75, 3.05) is 0 Å². The molecule has 186 valence electrons. The molecule has 1 aromatic rings. The summed E-state index contributed by atoms with van der Waals surface area (Å²) in [6.45, 7) is 2.14. The highest BCUT2D eigenvalue weighted by Gasteiger charge is 2.60. The lowest BCUT2D eigenvalue weighted by molar-refractivity contribution is -0.0787. The van der Waals surface area contributed by atoms with Gasteiger partial charge < -0.3 is 29.4 Å². The second kappa shape index (κ2) is 9.27. The molecule has 1 aliphatic heterocycles. The lowest BCUT2D eigenvalue weighted by Gasteiger charge is -2.25. The van der Waals surface area contributed by atoms with Crippen LogP contribution in [0.1, 0.15) is 18.8 Å². The van der Waals surface area contributed by atoms with Crippen LogP contribution in [0, 0.1) is 19.3 Å². The number of terminal acetylenes is 1. The first-order valence-corrected chi connectivity index (χ1v) is 13.0. The number of halogens is 1. The molecule has 33 heavy (non-hydrogen) atoms. The van der Waals surface area contributed by atoms with E-state index in [2.05, 4.69) is 13.1 Å². The smallest absolute Gasteiger partial charge is 0.386 e. The summed E-state index contributed by atoms with van der Waals surface area (Å²) in [4.78, 5) is 61.3. The number of aliphatic hydroxyl groups is 1. The molecular weight excluding hydrogens is 520 g/mol. The van der Waals surface area contributed by atoms with Gasteiger partial charge in [0.25, 0.3) is 5.56 Å². The van der Waals surface area contributed by atoms with Crippen molar-refractivity contribution < 1.29 is 60.6 Å². The molecule has 0 saturated carbocycles. The lowest BCUT2D eigenvalue weighted by atomic mass is 9.95. The van der Waals surface area contributed by atoms with Crippen molar-refractivity contribution in [2.45, 2.75) is 44.1 Å². The third-order valence-electron chi connectivity index (χ3n) is 4.19. The number of aryl methyl sites for hydroxylation is 1. The molecular formula is C13H18FN2O14P3. The number of ether oxygens (including phenoxy) is 1. The van der Waals surface area contributed by atoms with E-state index < -0.39 is 64.9 Å². The van der Waals surface area contributed by atoms with Crippen LogP contribution in [-0.4, -0.2) is 58.2 Å². The van der Waals surface area contributed by atoms with Gasteiger partial charge in [-0.1, -0.05) is 5.92 Å². The average molecular weight is 538 g/mol. The van der Waals surface area contributed by atoms with E-state index in [9.17, 15) is 38.2 Å². The summed E-state index contributed by atoms with van der Waals surface area (Å²) in [5.74, 6) is 1.62. The Morgan fingerprint density at radius 3 is 2.30 bits per heavy atom. The molecule has 0 aliphatic carbocycles. The van der Waals surface area contributed by atoms with E-state index >= 15 is 4.39 Å². The highest BCUT2D eigenvalue weighted by atomic mass is 31.3. The molecule has 0 spiro atoms. The van der Waals surface area contributed by atoms with Crippen LogP contribution in [0.4, 0.5) is 4.39 Å². The Labute approximate surface area is 183 Å². The standard InChI is InChI=1S/C13H18FN2O14P3/c1-4-13(14)10(18)9(27-11(13)16-6(2)5-8(17)15-12(16)19)7(3)28-32(23,24)30-33(25,26)29-31(20,21)22/h1,5,7,9-11,18H,2-3H3,(H,23,24)(H,25,26)(H,15,17,19)(H2,20,21,22)/t7-,9?,10+,11-,13?/m1/s1. The fraction of sp³-hybridized carbons (Fsp3) is 0.538. The third kappa shape index (κ3) is 6.34. The average Bonchev–Trinajstić information content (AvgIpc) is 2.83. The van der Waals surface area contributed by atoms with E-state index in [-0.39, 0.29) is 5.69 Å². The van der Waals surface area contributed by atoms with Crippen molar-refractivity contribution >= 4 is 23.5 Å². The highest BCUT2D eigenvalue weighted by Crippen LogP contribution is 2.66. The van der Waals surface area contributed by atoms with Crippen LogP contribution in [0.3, 0.4) is 0 Å². The van der Waals surface area contributed by atoms with Crippen LogP contribution in [-0.2, 0) is 31.6 Å². The number of aromatic amines is 1. The number of phosphoric ester groups is 1. The fourth-order valence-corrected chi connectivity index (χ4v) is 6.16. The van der Waals surface area contributed by atoms with Gasteiger partial charge in [-0.3, -0.25) is 18.9 Å². The summed E-state index contributed by atoms with van der Waals surface area (Å²) in [5, 5.41) is 10.4. The zero-order valence-electron chi connectivity index (χ0n) is 16.5. The Morgan fingerprint density at radius 1 is 1.24 bits per heavy atom. The van der Waals surface area contributed by atoms with E-state index in [1.165, 1.54) is 6.92 Å². The fourth-order valence-electron chi connectivity index (χ4n) is 2.96. The number of rotatable bonds is 8.